The smallest absolute Gasteiger partial charge is 0.339 e. The predicted octanol–water partition coefficient (Wildman–Crippen LogP) is 4.65. The van der Waals surface area contributed by atoms with E-state index < -0.39 is 11.6 Å². The molecule has 2 unspecified atom stereocenters. The minimum absolute atomic E-state index is 0.196. The highest BCUT2D eigenvalue weighted by Gasteiger charge is 2.44. The normalized spacial score (nSPS) is 20.1. The molecular formula is C27H34NO5S2+. The maximum atomic E-state index is 13.3. The van der Waals surface area contributed by atoms with Crippen LogP contribution in [-0.2, 0) is 22.4 Å². The Morgan fingerprint density at radius 3 is 2.43 bits per heavy atom. The molecule has 2 N–H and O–H groups in total. The van der Waals surface area contributed by atoms with Crippen molar-refractivity contribution >= 4 is 28.6 Å². The molecule has 4 rings (SSSR count). The molecule has 2 aromatic heterocycles. The maximum Gasteiger partial charge on any atom is 0.339 e. The van der Waals surface area contributed by atoms with Crippen LogP contribution >= 0.6 is 22.7 Å². The Hall–Kier alpha value is -2.39. The second-order valence-corrected chi connectivity index (χ2v) is 11.4. The van der Waals surface area contributed by atoms with Crippen molar-refractivity contribution in [1.82, 2.24) is 0 Å². The van der Waals surface area contributed by atoms with Crippen LogP contribution in [-0.4, -0.2) is 65.2 Å². The predicted molar refractivity (Wildman–Crippen MR) is 139 cm³/mol. The van der Waals surface area contributed by atoms with Crippen LogP contribution in [0.15, 0.2) is 59.3 Å². The van der Waals surface area contributed by atoms with E-state index in [4.69, 9.17) is 9.47 Å². The number of likely N-dealkylation sites (tertiary alicyclic amines) is 1. The lowest BCUT2D eigenvalue weighted by Crippen LogP contribution is -2.49. The van der Waals surface area contributed by atoms with Gasteiger partial charge in [0.05, 0.1) is 26.2 Å². The lowest BCUT2D eigenvalue weighted by Gasteiger charge is -2.33. The lowest BCUT2D eigenvalue weighted by atomic mass is 9.93. The number of quaternary nitrogens is 1. The third-order valence-corrected chi connectivity index (χ3v) is 8.55. The van der Waals surface area contributed by atoms with Crippen LogP contribution in [0.4, 0.5) is 0 Å². The molecule has 0 saturated carbocycles. The first-order valence-corrected chi connectivity index (χ1v) is 13.9. The number of carbonyl (C=O) groups excluding carboxylic acids is 1. The summed E-state index contributed by atoms with van der Waals surface area (Å²) >= 11 is 3.09. The molecule has 6 nitrogen and oxygen atoms in total. The van der Waals surface area contributed by atoms with Crippen molar-refractivity contribution < 1.29 is 29.0 Å². The van der Waals surface area contributed by atoms with E-state index in [1.165, 1.54) is 0 Å². The standard InChI is InChI=1S/C27H33NO5S2/c1-2-28(12-6-14-32-22-8-3-7-21(29)17-22)13-11-23(20-28)33-26(30)27(31,18-24-9-4-15-34-24)19-25-10-5-16-35-25/h3-5,7-10,15-17,23,31H,2,6,11-14,18-20H2,1H3/p+1. The molecule has 0 spiro atoms. The molecule has 188 valence electrons. The molecule has 0 aliphatic carbocycles. The van der Waals surface area contributed by atoms with Crippen LogP contribution in [0.3, 0.4) is 0 Å². The van der Waals surface area contributed by atoms with Crippen molar-refractivity contribution in [1.29, 1.82) is 0 Å². The molecule has 8 heteroatoms. The largest absolute Gasteiger partial charge is 0.508 e. The number of rotatable bonds is 12. The van der Waals surface area contributed by atoms with E-state index in [1.54, 1.807) is 40.9 Å². The SMILES string of the molecule is CC[N+]1(CCCOc2cccc(O)c2)CCC(OC(=O)C(O)(Cc2cccs2)Cc2cccs2)C1. The average Bonchev–Trinajstić information content (AvgIpc) is 3.61. The molecule has 1 saturated heterocycles. The second-order valence-electron chi connectivity index (χ2n) is 9.35. The van der Waals surface area contributed by atoms with Gasteiger partial charge in [0.1, 0.15) is 18.0 Å². The Morgan fingerprint density at radius 1 is 1.11 bits per heavy atom. The number of phenolic OH excluding ortho intramolecular Hbond substituents is 1. The number of carbonyl (C=O) groups is 1. The van der Waals surface area contributed by atoms with Gasteiger partial charge in [0, 0.05) is 41.5 Å². The minimum atomic E-state index is -1.57. The molecule has 3 aromatic rings. The fourth-order valence-corrected chi connectivity index (χ4v) is 6.43. The summed E-state index contributed by atoms with van der Waals surface area (Å²) in [6, 6.07) is 14.6. The van der Waals surface area contributed by atoms with Crippen molar-refractivity contribution in [3.05, 3.63) is 69.0 Å². The molecule has 0 bridgehead atoms. The van der Waals surface area contributed by atoms with Crippen LogP contribution in [0.2, 0.25) is 0 Å². The van der Waals surface area contributed by atoms with Crippen LogP contribution in [0.25, 0.3) is 0 Å². The Bertz CT molecular complexity index is 1030. The first-order chi connectivity index (χ1) is 16.9. The van der Waals surface area contributed by atoms with Gasteiger partial charge in [-0.05, 0) is 41.9 Å². The Kier molecular flexibility index (Phi) is 8.49. The molecule has 2 atom stereocenters. The zero-order valence-corrected chi connectivity index (χ0v) is 21.7. The van der Waals surface area contributed by atoms with Gasteiger partial charge in [0.2, 0.25) is 0 Å². The second kappa shape index (κ2) is 11.6. The molecule has 0 amide bonds. The highest BCUT2D eigenvalue weighted by molar-refractivity contribution is 7.10. The number of esters is 1. The number of benzene rings is 1. The lowest BCUT2D eigenvalue weighted by molar-refractivity contribution is -0.916. The number of hydrogen-bond donors (Lipinski definition) is 2. The molecule has 1 fully saturated rings. The average molecular weight is 517 g/mol. The van der Waals surface area contributed by atoms with Gasteiger partial charge in [0.25, 0.3) is 0 Å². The van der Waals surface area contributed by atoms with Gasteiger partial charge in [-0.2, -0.15) is 0 Å². The van der Waals surface area contributed by atoms with Gasteiger partial charge < -0.3 is 24.2 Å². The molecule has 3 heterocycles. The van der Waals surface area contributed by atoms with E-state index in [9.17, 15) is 15.0 Å². The topological polar surface area (TPSA) is 76.0 Å². The zero-order chi connectivity index (χ0) is 24.7. The Morgan fingerprint density at radius 2 is 1.83 bits per heavy atom. The van der Waals surface area contributed by atoms with Gasteiger partial charge in [-0.3, -0.25) is 0 Å². The van der Waals surface area contributed by atoms with Gasteiger partial charge in [-0.15, -0.1) is 22.7 Å². The van der Waals surface area contributed by atoms with E-state index >= 15 is 0 Å². The van der Waals surface area contributed by atoms with Crippen molar-refractivity contribution in [2.24, 2.45) is 0 Å². The summed E-state index contributed by atoms with van der Waals surface area (Å²) in [6.07, 6.45) is 1.97. The van der Waals surface area contributed by atoms with Crippen molar-refractivity contribution in [2.75, 3.05) is 32.8 Å². The number of hydrogen-bond acceptors (Lipinski definition) is 7. The number of aliphatic hydroxyl groups is 1. The number of aromatic hydroxyl groups is 1. The molecular weight excluding hydrogens is 482 g/mol. The number of likely N-dealkylation sites (N-methyl/N-ethyl adjacent to an activating group) is 1. The summed E-state index contributed by atoms with van der Waals surface area (Å²) in [7, 11) is 0. The van der Waals surface area contributed by atoms with E-state index in [0.717, 1.165) is 53.3 Å². The molecule has 0 radical (unpaired) electrons. The number of ether oxygens (including phenoxy) is 2. The fraction of sp³-hybridized carbons (Fsp3) is 0.444. The minimum Gasteiger partial charge on any atom is -0.508 e. The highest BCUT2D eigenvalue weighted by atomic mass is 32.1. The fourth-order valence-electron chi connectivity index (χ4n) is 4.81. The quantitative estimate of drug-likeness (QED) is 0.208. The summed E-state index contributed by atoms with van der Waals surface area (Å²) in [5.74, 6) is 0.339. The number of nitrogens with zero attached hydrogens (tertiary/aromatic N) is 1. The summed E-state index contributed by atoms with van der Waals surface area (Å²) < 4.78 is 12.6. The first kappa shape index (κ1) is 25.7. The van der Waals surface area contributed by atoms with E-state index in [0.29, 0.717) is 12.4 Å². The zero-order valence-electron chi connectivity index (χ0n) is 20.1. The summed E-state index contributed by atoms with van der Waals surface area (Å²) in [4.78, 5) is 15.2. The molecule has 1 aliphatic rings. The van der Waals surface area contributed by atoms with Crippen LogP contribution in [0, 0.1) is 0 Å². The third kappa shape index (κ3) is 6.85. The number of thiophene rings is 2. The van der Waals surface area contributed by atoms with Crippen molar-refractivity contribution in [3.63, 3.8) is 0 Å². The van der Waals surface area contributed by atoms with Gasteiger partial charge in [-0.1, -0.05) is 18.2 Å². The third-order valence-electron chi connectivity index (χ3n) is 6.80. The summed E-state index contributed by atoms with van der Waals surface area (Å²) in [6.45, 7) is 6.31. The monoisotopic (exact) mass is 516 g/mol. The van der Waals surface area contributed by atoms with Crippen LogP contribution in [0.5, 0.6) is 11.5 Å². The van der Waals surface area contributed by atoms with E-state index in [-0.39, 0.29) is 24.7 Å². The molecule has 35 heavy (non-hydrogen) atoms. The van der Waals surface area contributed by atoms with E-state index in [2.05, 4.69) is 6.92 Å². The van der Waals surface area contributed by atoms with Crippen molar-refractivity contribution in [2.45, 2.75) is 44.3 Å². The molecule has 1 aliphatic heterocycles. The summed E-state index contributed by atoms with van der Waals surface area (Å²) in [5.41, 5.74) is -1.57. The van der Waals surface area contributed by atoms with E-state index in [1.807, 2.05) is 41.1 Å². The van der Waals surface area contributed by atoms with Gasteiger partial charge >= 0.3 is 5.97 Å². The first-order valence-electron chi connectivity index (χ1n) is 12.1. The summed E-state index contributed by atoms with van der Waals surface area (Å²) in [5, 5.41) is 25.0. The Balaban J connectivity index is 1.33. The Labute approximate surface area is 215 Å². The van der Waals surface area contributed by atoms with Gasteiger partial charge in [0.15, 0.2) is 11.7 Å². The highest BCUT2D eigenvalue weighted by Crippen LogP contribution is 2.29. The van der Waals surface area contributed by atoms with Crippen LogP contribution < -0.4 is 4.74 Å². The van der Waals surface area contributed by atoms with Gasteiger partial charge in [-0.25, -0.2) is 4.79 Å². The van der Waals surface area contributed by atoms with Crippen LogP contribution in [0.1, 0.15) is 29.5 Å². The maximum absolute atomic E-state index is 13.3. The molecule has 1 aromatic carbocycles. The van der Waals surface area contributed by atoms with Crippen molar-refractivity contribution in [3.8, 4) is 11.5 Å². The number of phenols is 1.